The lowest BCUT2D eigenvalue weighted by atomic mass is 9.99. The maximum absolute atomic E-state index is 10.9. The molecule has 0 saturated carbocycles. The van der Waals surface area contributed by atoms with E-state index in [2.05, 4.69) is 16.9 Å². The van der Waals surface area contributed by atoms with Gasteiger partial charge in [0.15, 0.2) is 0 Å². The van der Waals surface area contributed by atoms with Crippen LogP contribution in [0.3, 0.4) is 0 Å². The molecule has 1 atom stereocenters. The number of likely N-dealkylation sites (tertiary alicyclic amines) is 1. The average Bonchev–Trinajstić information content (AvgIpc) is 2.79. The summed E-state index contributed by atoms with van der Waals surface area (Å²) in [7, 11) is 0. The number of nitrogens with zero attached hydrogens (tertiary/aromatic N) is 3. The van der Waals surface area contributed by atoms with Gasteiger partial charge in [-0.3, -0.25) is 14.4 Å². The van der Waals surface area contributed by atoms with Gasteiger partial charge in [0.2, 0.25) is 0 Å². The van der Waals surface area contributed by atoms with E-state index < -0.39 is 5.97 Å². The molecular weight excluding hydrogens is 230 g/mol. The molecule has 1 N–H and O–H groups in total. The van der Waals surface area contributed by atoms with Gasteiger partial charge in [-0.15, -0.1) is 0 Å². The van der Waals surface area contributed by atoms with E-state index in [-0.39, 0.29) is 12.5 Å². The van der Waals surface area contributed by atoms with Crippen LogP contribution in [0.1, 0.15) is 38.2 Å². The maximum atomic E-state index is 10.9. The second-order valence-electron chi connectivity index (χ2n) is 4.92. The number of piperidine rings is 1. The molecule has 1 fully saturated rings. The number of carboxylic acid groups (broad SMARTS) is 1. The summed E-state index contributed by atoms with van der Waals surface area (Å²) in [6.07, 6.45) is 7.49. The second-order valence-corrected chi connectivity index (χ2v) is 4.92. The van der Waals surface area contributed by atoms with Crippen molar-refractivity contribution < 1.29 is 9.90 Å². The highest BCUT2D eigenvalue weighted by Gasteiger charge is 2.24. The van der Waals surface area contributed by atoms with Crippen molar-refractivity contribution in [3.05, 3.63) is 18.0 Å². The molecule has 1 aromatic heterocycles. The quantitative estimate of drug-likeness (QED) is 0.866. The fourth-order valence-corrected chi connectivity index (χ4v) is 2.60. The minimum atomic E-state index is -0.698. The van der Waals surface area contributed by atoms with Crippen molar-refractivity contribution >= 4 is 5.97 Å². The first-order valence-electron chi connectivity index (χ1n) is 6.66. The van der Waals surface area contributed by atoms with Crippen molar-refractivity contribution in [1.29, 1.82) is 0 Å². The van der Waals surface area contributed by atoms with E-state index in [0.717, 1.165) is 38.9 Å². The first-order valence-corrected chi connectivity index (χ1v) is 6.66. The van der Waals surface area contributed by atoms with Crippen molar-refractivity contribution in [3.63, 3.8) is 0 Å². The van der Waals surface area contributed by atoms with E-state index in [9.17, 15) is 4.79 Å². The van der Waals surface area contributed by atoms with Crippen LogP contribution in [0.15, 0.2) is 12.4 Å². The minimum Gasteiger partial charge on any atom is -0.481 e. The van der Waals surface area contributed by atoms with Gasteiger partial charge in [-0.25, -0.2) is 0 Å². The van der Waals surface area contributed by atoms with E-state index in [1.165, 1.54) is 5.56 Å². The summed E-state index contributed by atoms with van der Waals surface area (Å²) in [6, 6.07) is 0.182. The summed E-state index contributed by atoms with van der Waals surface area (Å²) in [6.45, 7) is 4.75. The fraction of sp³-hybridized carbons (Fsp3) is 0.692. The Balaban J connectivity index is 1.98. The zero-order chi connectivity index (χ0) is 13.0. The molecule has 1 saturated heterocycles. The van der Waals surface area contributed by atoms with Crippen LogP contribution < -0.4 is 0 Å². The summed E-state index contributed by atoms with van der Waals surface area (Å²) in [5.41, 5.74) is 1.18. The standard InChI is InChI=1S/C13H21N3O2/c1-2-16-10-11(8-14-16)9-15-6-4-3-5-12(15)7-13(17)18/h8,10,12H,2-7,9H2,1H3,(H,17,18). The highest BCUT2D eigenvalue weighted by Crippen LogP contribution is 2.21. The number of carbonyl (C=O) groups is 1. The predicted octanol–water partition coefficient (Wildman–Crippen LogP) is 1.73. The summed E-state index contributed by atoms with van der Waals surface area (Å²) < 4.78 is 1.91. The van der Waals surface area contributed by atoms with Crippen LogP contribution in [0.25, 0.3) is 0 Å². The number of carboxylic acids is 1. The van der Waals surface area contributed by atoms with Gasteiger partial charge < -0.3 is 5.11 Å². The van der Waals surface area contributed by atoms with Crippen molar-refractivity contribution in [3.8, 4) is 0 Å². The smallest absolute Gasteiger partial charge is 0.304 e. The molecule has 1 unspecified atom stereocenters. The Morgan fingerprint density at radius 2 is 2.39 bits per heavy atom. The number of aryl methyl sites for hydroxylation is 1. The molecule has 1 aliphatic rings. The fourth-order valence-electron chi connectivity index (χ4n) is 2.60. The minimum absolute atomic E-state index is 0.182. The molecule has 1 aromatic rings. The number of hydrogen-bond acceptors (Lipinski definition) is 3. The maximum Gasteiger partial charge on any atom is 0.304 e. The largest absolute Gasteiger partial charge is 0.481 e. The molecule has 18 heavy (non-hydrogen) atoms. The molecule has 0 amide bonds. The Morgan fingerprint density at radius 1 is 1.56 bits per heavy atom. The summed E-state index contributed by atoms with van der Waals surface area (Å²) in [5.74, 6) is -0.698. The molecule has 0 aliphatic carbocycles. The van der Waals surface area contributed by atoms with E-state index in [1.807, 2.05) is 17.1 Å². The van der Waals surface area contributed by atoms with E-state index >= 15 is 0 Å². The number of hydrogen-bond donors (Lipinski definition) is 1. The third-order valence-electron chi connectivity index (χ3n) is 3.56. The molecular formula is C13H21N3O2. The number of aliphatic carboxylic acids is 1. The highest BCUT2D eigenvalue weighted by molar-refractivity contribution is 5.67. The van der Waals surface area contributed by atoms with Gasteiger partial charge in [-0.1, -0.05) is 6.42 Å². The first-order chi connectivity index (χ1) is 8.69. The van der Waals surface area contributed by atoms with Crippen LogP contribution in [-0.4, -0.2) is 38.3 Å². The van der Waals surface area contributed by atoms with Gasteiger partial charge in [0.1, 0.15) is 0 Å². The van der Waals surface area contributed by atoms with E-state index in [1.54, 1.807) is 0 Å². The van der Waals surface area contributed by atoms with Gasteiger partial charge >= 0.3 is 5.97 Å². The molecule has 0 aromatic carbocycles. The van der Waals surface area contributed by atoms with Crippen LogP contribution in [0.2, 0.25) is 0 Å². The summed E-state index contributed by atoms with van der Waals surface area (Å²) in [5, 5.41) is 13.2. The topological polar surface area (TPSA) is 58.4 Å². The lowest BCUT2D eigenvalue weighted by Crippen LogP contribution is -2.40. The molecule has 0 bridgehead atoms. The third-order valence-corrected chi connectivity index (χ3v) is 3.56. The molecule has 100 valence electrons. The van der Waals surface area contributed by atoms with Crippen molar-refractivity contribution in [1.82, 2.24) is 14.7 Å². The van der Waals surface area contributed by atoms with Crippen LogP contribution in [0.5, 0.6) is 0 Å². The van der Waals surface area contributed by atoms with Gasteiger partial charge in [-0.05, 0) is 26.3 Å². The lowest BCUT2D eigenvalue weighted by Gasteiger charge is -2.34. The molecule has 2 heterocycles. The summed E-state index contributed by atoms with van der Waals surface area (Å²) in [4.78, 5) is 13.2. The highest BCUT2D eigenvalue weighted by atomic mass is 16.4. The zero-order valence-corrected chi connectivity index (χ0v) is 10.9. The van der Waals surface area contributed by atoms with Crippen molar-refractivity contribution in [2.45, 2.75) is 51.7 Å². The molecule has 2 rings (SSSR count). The van der Waals surface area contributed by atoms with Crippen LogP contribution in [-0.2, 0) is 17.9 Å². The van der Waals surface area contributed by atoms with Gasteiger partial charge in [0.25, 0.3) is 0 Å². The molecule has 0 spiro atoms. The molecule has 1 aliphatic heterocycles. The summed E-state index contributed by atoms with van der Waals surface area (Å²) >= 11 is 0. The Bertz CT molecular complexity index is 403. The van der Waals surface area contributed by atoms with E-state index in [0.29, 0.717) is 0 Å². The van der Waals surface area contributed by atoms with Gasteiger partial charge in [-0.2, -0.15) is 5.10 Å². The Hall–Kier alpha value is -1.36. The van der Waals surface area contributed by atoms with Crippen molar-refractivity contribution in [2.24, 2.45) is 0 Å². The van der Waals surface area contributed by atoms with Crippen LogP contribution >= 0.6 is 0 Å². The number of rotatable bonds is 5. The van der Waals surface area contributed by atoms with E-state index in [4.69, 9.17) is 5.11 Å². The monoisotopic (exact) mass is 251 g/mol. The van der Waals surface area contributed by atoms with Crippen molar-refractivity contribution in [2.75, 3.05) is 6.54 Å². The molecule has 0 radical (unpaired) electrons. The van der Waals surface area contributed by atoms with Crippen LogP contribution in [0.4, 0.5) is 0 Å². The van der Waals surface area contributed by atoms with Gasteiger partial charge in [0.05, 0.1) is 12.6 Å². The Morgan fingerprint density at radius 3 is 3.06 bits per heavy atom. The Kier molecular flexibility index (Phi) is 4.36. The SMILES string of the molecule is CCn1cc(CN2CCCCC2CC(=O)O)cn1. The Labute approximate surface area is 107 Å². The normalized spacial score (nSPS) is 21.1. The number of aromatic nitrogens is 2. The van der Waals surface area contributed by atoms with Crippen LogP contribution in [0, 0.1) is 0 Å². The predicted molar refractivity (Wildman–Crippen MR) is 68.2 cm³/mol. The zero-order valence-electron chi connectivity index (χ0n) is 10.9. The lowest BCUT2D eigenvalue weighted by molar-refractivity contribution is -0.138. The average molecular weight is 251 g/mol. The molecule has 5 heteroatoms. The second kappa shape index (κ2) is 6.00. The van der Waals surface area contributed by atoms with Gasteiger partial charge in [0, 0.05) is 30.9 Å². The third kappa shape index (κ3) is 3.32. The first kappa shape index (κ1) is 13.1. The molecule has 5 nitrogen and oxygen atoms in total.